The summed E-state index contributed by atoms with van der Waals surface area (Å²) < 4.78 is 0. The van der Waals surface area contributed by atoms with Gasteiger partial charge in [-0.2, -0.15) is 12.6 Å². The van der Waals surface area contributed by atoms with Crippen LogP contribution < -0.4 is 5.32 Å². The minimum absolute atomic E-state index is 0.277. The first kappa shape index (κ1) is 10.0. The summed E-state index contributed by atoms with van der Waals surface area (Å²) in [5.74, 6) is -1.61. The molecule has 0 aromatic rings. The van der Waals surface area contributed by atoms with Gasteiger partial charge < -0.3 is 10.4 Å². The number of carbonyl (C=O) groups is 2. The van der Waals surface area contributed by atoms with Crippen LogP contribution in [0.4, 0.5) is 0 Å². The maximum Gasteiger partial charge on any atom is 0.328 e. The molecule has 1 amide bonds. The third-order valence-corrected chi connectivity index (χ3v) is 0.858. The lowest BCUT2D eigenvalue weighted by atomic mass is 10.4. The van der Waals surface area contributed by atoms with Crippen LogP contribution in [0, 0.1) is 0 Å². The Morgan fingerprint density at radius 1 is 1.55 bits per heavy atom. The van der Waals surface area contributed by atoms with Crippen molar-refractivity contribution in [3.63, 3.8) is 0 Å². The van der Waals surface area contributed by atoms with Crippen molar-refractivity contribution in [2.75, 3.05) is 0 Å². The fourth-order valence-electron chi connectivity index (χ4n) is 0.401. The van der Waals surface area contributed by atoms with Gasteiger partial charge in [-0.1, -0.05) is 0 Å². The Kier molecular flexibility index (Phi) is 4.36. The highest BCUT2D eigenvalue weighted by Crippen LogP contribution is 1.85. The maximum atomic E-state index is 10.6. The van der Waals surface area contributed by atoms with Crippen LogP contribution in [-0.4, -0.2) is 22.4 Å². The molecule has 0 aliphatic heterocycles. The average Bonchev–Trinajstić information content (AvgIpc) is 1.82. The Morgan fingerprint density at radius 3 is 2.45 bits per heavy atom. The number of carboxylic acid groups (broad SMARTS) is 1. The van der Waals surface area contributed by atoms with Gasteiger partial charge in [-0.05, 0) is 6.92 Å². The van der Waals surface area contributed by atoms with Crippen molar-refractivity contribution in [2.45, 2.75) is 12.3 Å². The summed E-state index contributed by atoms with van der Waals surface area (Å²) in [7, 11) is 0. The van der Waals surface area contributed by atoms with Crippen LogP contribution in [0.15, 0.2) is 12.2 Å². The second-order valence-electron chi connectivity index (χ2n) is 1.86. The molecule has 0 saturated carbocycles. The highest BCUT2D eigenvalue weighted by atomic mass is 32.1. The summed E-state index contributed by atoms with van der Waals surface area (Å²) in [6.07, 6.45) is 1.71. The first-order chi connectivity index (χ1) is 5.02. The van der Waals surface area contributed by atoms with Gasteiger partial charge >= 0.3 is 5.97 Å². The zero-order valence-electron chi connectivity index (χ0n) is 5.94. The summed E-state index contributed by atoms with van der Waals surface area (Å²) in [5, 5.41) is 10.2. The van der Waals surface area contributed by atoms with Gasteiger partial charge in [-0.3, -0.25) is 4.79 Å². The Labute approximate surface area is 69.7 Å². The molecule has 0 fully saturated rings. The zero-order chi connectivity index (χ0) is 8.85. The minimum Gasteiger partial charge on any atom is -0.478 e. The molecule has 62 valence electrons. The highest BCUT2D eigenvalue weighted by Gasteiger charge is 1.98. The van der Waals surface area contributed by atoms with Crippen LogP contribution in [0.5, 0.6) is 0 Å². The van der Waals surface area contributed by atoms with Crippen molar-refractivity contribution >= 4 is 24.5 Å². The molecular weight excluding hydrogens is 166 g/mol. The van der Waals surface area contributed by atoms with Crippen LogP contribution in [0.25, 0.3) is 0 Å². The third kappa shape index (κ3) is 6.92. The molecule has 11 heavy (non-hydrogen) atoms. The highest BCUT2D eigenvalue weighted by molar-refractivity contribution is 7.80. The number of nitrogens with one attached hydrogen (secondary N) is 1. The van der Waals surface area contributed by atoms with Gasteiger partial charge in [0.1, 0.15) is 0 Å². The first-order valence-corrected chi connectivity index (χ1v) is 3.43. The third-order valence-electron chi connectivity index (χ3n) is 0.728. The van der Waals surface area contributed by atoms with E-state index in [0.29, 0.717) is 0 Å². The molecule has 1 unspecified atom stereocenters. The SMILES string of the molecule is CC(S)NC(=O)/C=C\C(=O)O. The Bertz CT molecular complexity index is 188. The summed E-state index contributed by atoms with van der Waals surface area (Å²) in [6, 6.07) is 0. The first-order valence-electron chi connectivity index (χ1n) is 2.92. The lowest BCUT2D eigenvalue weighted by Gasteiger charge is -2.02. The molecule has 0 rings (SSSR count). The van der Waals surface area contributed by atoms with Gasteiger partial charge in [-0.25, -0.2) is 4.79 Å². The Morgan fingerprint density at radius 2 is 2.09 bits per heavy atom. The molecule has 1 atom stereocenters. The summed E-state index contributed by atoms with van der Waals surface area (Å²) in [5.41, 5.74) is 0. The number of hydrogen-bond acceptors (Lipinski definition) is 3. The van der Waals surface area contributed by atoms with Crippen LogP contribution in [0.1, 0.15) is 6.92 Å². The number of thiol groups is 1. The van der Waals surface area contributed by atoms with Gasteiger partial charge in [0, 0.05) is 12.2 Å². The van der Waals surface area contributed by atoms with Crippen LogP contribution >= 0.6 is 12.6 Å². The molecule has 4 nitrogen and oxygen atoms in total. The minimum atomic E-state index is -1.15. The molecule has 0 spiro atoms. The summed E-state index contributed by atoms with van der Waals surface area (Å²) >= 11 is 3.87. The fraction of sp³-hybridized carbons (Fsp3) is 0.333. The van der Waals surface area contributed by atoms with Gasteiger partial charge in [0.05, 0.1) is 5.37 Å². The predicted octanol–water partition coefficient (Wildman–Crippen LogP) is 0.0192. The summed E-state index contributed by atoms with van der Waals surface area (Å²) in [6.45, 7) is 1.66. The van der Waals surface area contributed by atoms with E-state index in [1.165, 1.54) is 0 Å². The van der Waals surface area contributed by atoms with E-state index in [9.17, 15) is 9.59 Å². The number of hydrogen-bond donors (Lipinski definition) is 3. The van der Waals surface area contributed by atoms with E-state index in [4.69, 9.17) is 5.11 Å². The van der Waals surface area contributed by atoms with E-state index in [1.54, 1.807) is 6.92 Å². The van der Waals surface area contributed by atoms with Crippen LogP contribution in [0.3, 0.4) is 0 Å². The van der Waals surface area contributed by atoms with Crippen LogP contribution in [-0.2, 0) is 9.59 Å². The van der Waals surface area contributed by atoms with Crippen molar-refractivity contribution in [3.05, 3.63) is 12.2 Å². The fourth-order valence-corrected chi connectivity index (χ4v) is 0.528. The van der Waals surface area contributed by atoms with E-state index in [1.807, 2.05) is 0 Å². The van der Waals surface area contributed by atoms with Crippen molar-refractivity contribution in [1.82, 2.24) is 5.32 Å². The molecule has 5 heteroatoms. The predicted molar refractivity (Wildman–Crippen MR) is 43.4 cm³/mol. The van der Waals surface area contributed by atoms with Crippen molar-refractivity contribution in [2.24, 2.45) is 0 Å². The molecule has 0 saturated heterocycles. The van der Waals surface area contributed by atoms with Crippen molar-refractivity contribution in [3.8, 4) is 0 Å². The largest absolute Gasteiger partial charge is 0.478 e. The molecule has 0 bridgehead atoms. The molecule has 0 aromatic heterocycles. The van der Waals surface area contributed by atoms with Gasteiger partial charge in [0.25, 0.3) is 0 Å². The van der Waals surface area contributed by atoms with Crippen molar-refractivity contribution < 1.29 is 14.7 Å². The van der Waals surface area contributed by atoms with E-state index in [-0.39, 0.29) is 5.37 Å². The molecule has 0 radical (unpaired) electrons. The lowest BCUT2D eigenvalue weighted by Crippen LogP contribution is -2.26. The second kappa shape index (κ2) is 4.79. The maximum absolute atomic E-state index is 10.6. The molecule has 2 N–H and O–H groups in total. The number of rotatable bonds is 3. The average molecular weight is 175 g/mol. The monoisotopic (exact) mass is 175 g/mol. The standard InChI is InChI=1S/C6H9NO3S/c1-4(11)7-5(8)2-3-6(9)10/h2-4,11H,1H3,(H,7,8)(H,9,10)/b3-2-. The quantitative estimate of drug-likeness (QED) is 0.322. The molecule has 0 aliphatic carbocycles. The summed E-state index contributed by atoms with van der Waals surface area (Å²) in [4.78, 5) is 20.6. The molecule has 0 heterocycles. The smallest absolute Gasteiger partial charge is 0.328 e. The normalized spacial score (nSPS) is 12.9. The topological polar surface area (TPSA) is 66.4 Å². The van der Waals surface area contributed by atoms with Gasteiger partial charge in [-0.15, -0.1) is 0 Å². The number of aliphatic carboxylic acids is 1. The van der Waals surface area contributed by atoms with E-state index < -0.39 is 11.9 Å². The molecule has 0 aliphatic rings. The number of amides is 1. The number of carboxylic acids is 1. The molecule has 0 aromatic carbocycles. The van der Waals surface area contributed by atoms with E-state index >= 15 is 0 Å². The van der Waals surface area contributed by atoms with E-state index in [2.05, 4.69) is 17.9 Å². The van der Waals surface area contributed by atoms with Gasteiger partial charge in [0.2, 0.25) is 5.91 Å². The Balaban J connectivity index is 3.78. The van der Waals surface area contributed by atoms with E-state index in [0.717, 1.165) is 12.2 Å². The van der Waals surface area contributed by atoms with Crippen molar-refractivity contribution in [1.29, 1.82) is 0 Å². The molecular formula is C6H9NO3S. The van der Waals surface area contributed by atoms with Crippen LogP contribution in [0.2, 0.25) is 0 Å². The second-order valence-corrected chi connectivity index (χ2v) is 2.63. The zero-order valence-corrected chi connectivity index (χ0v) is 6.84. The Hall–Kier alpha value is -0.970. The van der Waals surface area contributed by atoms with Gasteiger partial charge in [0.15, 0.2) is 0 Å². The number of carbonyl (C=O) groups excluding carboxylic acids is 1. The lowest BCUT2D eigenvalue weighted by molar-refractivity contribution is -0.131.